The van der Waals surface area contributed by atoms with E-state index in [4.69, 9.17) is 25.1 Å². The van der Waals surface area contributed by atoms with E-state index in [1.54, 1.807) is 37.4 Å². The number of carbonyl (C=O) groups is 1. The van der Waals surface area contributed by atoms with Gasteiger partial charge in [0.15, 0.2) is 41.0 Å². The standard InChI is InChI=1S/C34H50N4O8/c1-36-22-34(14-13-25(21-34)20-31(42)45-16-6-15-39)46-30-19-24(17-27(32(30)43)38-33(35)37-2)7-4-5-8-26(40)11-9-23-10-12-28(41)29(18-23)44-3/h5,8,10,12,17-19,25,31,36,39,41-43H,4,6-7,9,11,13-16,20-22H2,1-3H3,(H3,35,37,38)/b8-5+/t25-,31-,34-/m1/s1. The van der Waals surface area contributed by atoms with Gasteiger partial charge in [-0.1, -0.05) is 12.1 Å². The number of benzene rings is 2. The molecule has 1 aliphatic rings. The van der Waals surface area contributed by atoms with E-state index in [1.807, 2.05) is 19.2 Å². The normalized spacial score (nSPS) is 19.0. The van der Waals surface area contributed by atoms with Crippen LogP contribution in [0.15, 0.2) is 47.5 Å². The Morgan fingerprint density at radius 2 is 1.98 bits per heavy atom. The van der Waals surface area contributed by atoms with Crippen LogP contribution in [0.25, 0.3) is 0 Å². The number of nitrogens with one attached hydrogen (secondary N) is 2. The molecule has 0 aliphatic heterocycles. The van der Waals surface area contributed by atoms with Gasteiger partial charge >= 0.3 is 0 Å². The number of ether oxygens (including phenoxy) is 3. The van der Waals surface area contributed by atoms with Crippen LogP contribution >= 0.6 is 0 Å². The summed E-state index contributed by atoms with van der Waals surface area (Å²) in [4.78, 5) is 16.5. The molecule has 254 valence electrons. The Kier molecular flexibility index (Phi) is 14.6. The van der Waals surface area contributed by atoms with Gasteiger partial charge in [-0.3, -0.25) is 9.79 Å². The molecule has 0 heterocycles. The van der Waals surface area contributed by atoms with Crippen LogP contribution in [0.5, 0.6) is 23.0 Å². The van der Waals surface area contributed by atoms with Crippen molar-refractivity contribution in [2.75, 3.05) is 46.3 Å². The number of anilines is 1. The largest absolute Gasteiger partial charge is 0.504 e. The van der Waals surface area contributed by atoms with Crippen molar-refractivity contribution in [2.24, 2.45) is 16.6 Å². The number of phenolic OH excluding ortho intramolecular Hbond substituents is 2. The number of likely N-dealkylation sites (N-methyl/N-ethyl adjacent to an activating group) is 1. The second-order valence-electron chi connectivity index (χ2n) is 11.7. The molecule has 0 amide bonds. The lowest BCUT2D eigenvalue weighted by Crippen LogP contribution is -2.43. The van der Waals surface area contributed by atoms with E-state index in [2.05, 4.69) is 15.6 Å². The summed E-state index contributed by atoms with van der Waals surface area (Å²) in [6.45, 7) is 0.844. The Hall–Kier alpha value is -3.84. The molecule has 0 unspecified atom stereocenters. The molecule has 0 radical (unpaired) electrons. The number of allylic oxidation sites excluding steroid dienone is 2. The molecular formula is C34H50N4O8. The molecule has 2 aromatic carbocycles. The SMILES string of the molecule is CN=C(N)Nc1cc(CC/C=C/C(=O)CCc2ccc(O)c(OC)c2)cc(O[C@]2(CNC)CC[C@H](C[C@H](O)OCCCO)C2)c1O. The number of nitrogens with two attached hydrogens (primary N) is 1. The molecule has 1 saturated carbocycles. The molecule has 1 aliphatic carbocycles. The van der Waals surface area contributed by atoms with E-state index < -0.39 is 11.9 Å². The Bertz CT molecular complexity index is 1330. The highest BCUT2D eigenvalue weighted by molar-refractivity contribution is 5.94. The first-order valence-corrected chi connectivity index (χ1v) is 15.8. The molecule has 3 atom stereocenters. The van der Waals surface area contributed by atoms with Crippen molar-refractivity contribution in [3.8, 4) is 23.0 Å². The van der Waals surface area contributed by atoms with Crippen LogP contribution in [0.4, 0.5) is 5.69 Å². The number of rotatable bonds is 19. The molecule has 3 rings (SSSR count). The van der Waals surface area contributed by atoms with Crippen LogP contribution in [0, 0.1) is 5.92 Å². The van der Waals surface area contributed by atoms with Crippen LogP contribution in [-0.4, -0.2) is 85.0 Å². The summed E-state index contributed by atoms with van der Waals surface area (Å²) >= 11 is 0. The maximum Gasteiger partial charge on any atom is 0.192 e. The van der Waals surface area contributed by atoms with Crippen molar-refractivity contribution in [2.45, 2.75) is 69.7 Å². The lowest BCUT2D eigenvalue weighted by atomic mass is 9.97. The van der Waals surface area contributed by atoms with Gasteiger partial charge in [0.05, 0.1) is 19.4 Å². The summed E-state index contributed by atoms with van der Waals surface area (Å²) in [5.74, 6) is 0.941. The number of hydrogen-bond donors (Lipinski definition) is 7. The second-order valence-corrected chi connectivity index (χ2v) is 11.7. The van der Waals surface area contributed by atoms with E-state index in [1.165, 1.54) is 7.11 Å². The molecule has 0 spiro atoms. The molecule has 12 nitrogen and oxygen atoms in total. The average molecular weight is 643 g/mol. The van der Waals surface area contributed by atoms with Crippen molar-refractivity contribution >= 4 is 17.4 Å². The zero-order valence-corrected chi connectivity index (χ0v) is 27.1. The highest BCUT2D eigenvalue weighted by atomic mass is 16.6. The van der Waals surface area contributed by atoms with Crippen molar-refractivity contribution in [1.29, 1.82) is 0 Å². The van der Waals surface area contributed by atoms with Crippen LogP contribution < -0.4 is 25.8 Å². The van der Waals surface area contributed by atoms with Gasteiger partial charge in [-0.2, -0.15) is 0 Å². The van der Waals surface area contributed by atoms with Crippen molar-refractivity contribution < 1.29 is 39.4 Å². The number of carbonyl (C=O) groups excluding carboxylic acids is 1. The highest BCUT2D eigenvalue weighted by Crippen LogP contribution is 2.44. The van der Waals surface area contributed by atoms with Gasteiger partial charge in [0.1, 0.15) is 5.60 Å². The Labute approximate surface area is 271 Å². The van der Waals surface area contributed by atoms with Crippen LogP contribution in [0.1, 0.15) is 56.1 Å². The number of nitrogens with zero attached hydrogens (tertiary/aromatic N) is 1. The van der Waals surface area contributed by atoms with E-state index in [-0.39, 0.29) is 35.8 Å². The third kappa shape index (κ3) is 11.2. The number of aryl methyl sites for hydroxylation is 2. The van der Waals surface area contributed by atoms with E-state index >= 15 is 0 Å². The number of phenols is 2. The maximum atomic E-state index is 12.5. The number of methoxy groups -OCH3 is 1. The van der Waals surface area contributed by atoms with Gasteiger partial charge in [-0.05, 0) is 99.4 Å². The number of aliphatic hydroxyl groups excluding tert-OH is 2. The average Bonchev–Trinajstić information content (AvgIpc) is 3.42. The Morgan fingerprint density at radius 3 is 2.70 bits per heavy atom. The first kappa shape index (κ1) is 36.6. The monoisotopic (exact) mass is 642 g/mol. The first-order chi connectivity index (χ1) is 22.1. The lowest BCUT2D eigenvalue weighted by Gasteiger charge is -2.32. The molecule has 46 heavy (non-hydrogen) atoms. The number of ketones is 1. The van der Waals surface area contributed by atoms with E-state index in [9.17, 15) is 20.1 Å². The number of hydrogen-bond acceptors (Lipinski definition) is 10. The number of aromatic hydroxyl groups is 2. The fourth-order valence-electron chi connectivity index (χ4n) is 5.75. The summed E-state index contributed by atoms with van der Waals surface area (Å²) in [6, 6.07) is 8.65. The molecule has 0 saturated heterocycles. The zero-order chi connectivity index (χ0) is 33.5. The smallest absolute Gasteiger partial charge is 0.192 e. The van der Waals surface area contributed by atoms with Gasteiger partial charge in [0.25, 0.3) is 0 Å². The third-order valence-corrected chi connectivity index (χ3v) is 8.09. The van der Waals surface area contributed by atoms with Gasteiger partial charge in [-0.15, -0.1) is 0 Å². The summed E-state index contributed by atoms with van der Waals surface area (Å²) in [5, 5.41) is 46.4. The van der Waals surface area contributed by atoms with Crippen LogP contribution in [0.2, 0.25) is 0 Å². The van der Waals surface area contributed by atoms with Crippen molar-refractivity contribution in [1.82, 2.24) is 5.32 Å². The molecule has 2 aromatic rings. The number of guanidine groups is 1. The Morgan fingerprint density at radius 1 is 1.20 bits per heavy atom. The van der Waals surface area contributed by atoms with Gasteiger partial charge in [0, 0.05) is 33.0 Å². The number of aliphatic hydroxyl groups is 2. The molecular weight excluding hydrogens is 592 g/mol. The van der Waals surface area contributed by atoms with Crippen LogP contribution in [-0.2, 0) is 22.4 Å². The fourth-order valence-corrected chi connectivity index (χ4v) is 5.75. The highest BCUT2D eigenvalue weighted by Gasteiger charge is 2.42. The Balaban J connectivity index is 1.68. The minimum absolute atomic E-state index is 0.00947. The lowest BCUT2D eigenvalue weighted by molar-refractivity contribution is -0.114. The van der Waals surface area contributed by atoms with Gasteiger partial charge in [0.2, 0.25) is 0 Å². The minimum Gasteiger partial charge on any atom is -0.504 e. The quantitative estimate of drug-likeness (QED) is 0.0297. The van der Waals surface area contributed by atoms with E-state index in [0.29, 0.717) is 81.7 Å². The molecule has 0 bridgehead atoms. The fraction of sp³-hybridized carbons (Fsp3) is 0.529. The number of aliphatic imine (C=N–C) groups is 1. The molecule has 12 heteroatoms. The zero-order valence-electron chi connectivity index (χ0n) is 27.1. The summed E-state index contributed by atoms with van der Waals surface area (Å²) in [5.41, 5.74) is 7.44. The molecule has 0 aromatic heterocycles. The molecule has 1 fully saturated rings. The predicted molar refractivity (Wildman–Crippen MR) is 178 cm³/mol. The van der Waals surface area contributed by atoms with Gasteiger partial charge in [-0.25, -0.2) is 0 Å². The minimum atomic E-state index is -0.915. The third-order valence-electron chi connectivity index (χ3n) is 8.09. The van der Waals surface area contributed by atoms with E-state index in [0.717, 1.165) is 17.5 Å². The summed E-state index contributed by atoms with van der Waals surface area (Å²) in [6.07, 6.45) is 7.63. The van der Waals surface area contributed by atoms with Crippen LogP contribution in [0.3, 0.4) is 0 Å². The maximum absolute atomic E-state index is 12.5. The molecule has 8 N–H and O–H groups in total. The van der Waals surface area contributed by atoms with Crippen molar-refractivity contribution in [3.63, 3.8) is 0 Å². The van der Waals surface area contributed by atoms with Crippen molar-refractivity contribution in [3.05, 3.63) is 53.6 Å². The first-order valence-electron chi connectivity index (χ1n) is 15.8. The summed E-state index contributed by atoms with van der Waals surface area (Å²) < 4.78 is 17.2. The topological polar surface area (TPSA) is 188 Å². The van der Waals surface area contributed by atoms with Gasteiger partial charge < -0.3 is 51.0 Å². The second kappa shape index (κ2) is 18.3. The predicted octanol–water partition coefficient (Wildman–Crippen LogP) is 3.40. The summed E-state index contributed by atoms with van der Waals surface area (Å²) in [7, 11) is 4.88.